The van der Waals surface area contributed by atoms with Gasteiger partial charge in [-0.3, -0.25) is 0 Å². The summed E-state index contributed by atoms with van der Waals surface area (Å²) in [7, 11) is 0. The molecule has 77 valence electrons. The van der Waals surface area contributed by atoms with E-state index in [-0.39, 0.29) is 40.1 Å². The Balaban J connectivity index is -0.000000500. The van der Waals surface area contributed by atoms with Gasteiger partial charge < -0.3 is 17.0 Å². The number of unbranched alkanes of at least 4 members (excludes halogenated alkanes) is 5. The maximum absolute atomic E-state index is 9.59. The van der Waals surface area contributed by atoms with E-state index in [1.807, 2.05) is 0 Å². The average Bonchev–Trinajstić information content (AvgIpc) is 2.03. The van der Waals surface area contributed by atoms with Crippen molar-refractivity contribution in [2.75, 3.05) is 6.61 Å². The fourth-order valence-electron chi connectivity index (χ4n) is 0.996. The molecular weight excluding hydrogens is 241 g/mol. The van der Waals surface area contributed by atoms with Gasteiger partial charge in [0.05, 0.1) is 0 Å². The molecule has 0 fully saturated rings. The van der Waals surface area contributed by atoms with E-state index < -0.39 is 0 Å². The van der Waals surface area contributed by atoms with E-state index in [2.05, 4.69) is 11.7 Å². The van der Waals surface area contributed by atoms with Gasteiger partial charge in [-0.05, 0) is 6.42 Å². The summed E-state index contributed by atoms with van der Waals surface area (Å²) in [6, 6.07) is 0. The molecule has 0 aliphatic heterocycles. The normalized spacial score (nSPS) is 8.08. The predicted octanol–water partition coefficient (Wildman–Crippen LogP) is 2.88. The zero-order valence-electron chi connectivity index (χ0n) is 8.84. The summed E-state index contributed by atoms with van der Waals surface area (Å²) in [5, 5.41) is 0. The summed E-state index contributed by atoms with van der Waals surface area (Å²) in [5.74, 6) is 0. The van der Waals surface area contributed by atoms with Crippen LogP contribution in [0.15, 0.2) is 0 Å². The van der Waals surface area contributed by atoms with Crippen molar-refractivity contribution in [3.63, 3.8) is 0 Å². The summed E-state index contributed by atoms with van der Waals surface area (Å²) >= 11 is 0. The van der Waals surface area contributed by atoms with Crippen molar-refractivity contribution in [1.82, 2.24) is 0 Å². The molecule has 0 saturated carbocycles. The third-order valence-electron chi connectivity index (χ3n) is 1.66. The molecular formula is C10H20O2Y-2. The fraction of sp³-hybridized carbons (Fsp3) is 0.800. The van der Waals surface area contributed by atoms with E-state index in [0.29, 0.717) is 6.61 Å². The molecule has 0 unspecified atom stereocenters. The number of carbonyl (C=O) groups excluding carboxylic acids is 1. The van der Waals surface area contributed by atoms with Gasteiger partial charge in [0, 0.05) is 39.3 Å². The van der Waals surface area contributed by atoms with Gasteiger partial charge >= 0.3 is 0 Å². The first-order valence-corrected chi connectivity index (χ1v) is 4.40. The Morgan fingerprint density at radius 3 is 2.15 bits per heavy atom. The first-order chi connectivity index (χ1) is 5.41. The molecule has 1 radical (unpaired) electrons. The summed E-state index contributed by atoms with van der Waals surface area (Å²) in [5.41, 5.74) is 0. The first-order valence-electron chi connectivity index (χ1n) is 4.40. The maximum atomic E-state index is 9.59. The molecule has 0 bridgehead atoms. The van der Waals surface area contributed by atoms with Gasteiger partial charge in [0.2, 0.25) is 0 Å². The Morgan fingerprint density at radius 2 is 1.62 bits per heavy atom. The van der Waals surface area contributed by atoms with Gasteiger partial charge in [0.25, 0.3) is 0 Å². The van der Waals surface area contributed by atoms with Crippen molar-refractivity contribution in [3.05, 3.63) is 7.43 Å². The second-order valence-electron chi connectivity index (χ2n) is 2.70. The van der Waals surface area contributed by atoms with Crippen molar-refractivity contribution in [2.24, 2.45) is 0 Å². The Hall–Kier alpha value is 0.574. The SMILES string of the molecule is CCCCCCCCO[C-]=O.[CH3-].[Y]. The van der Waals surface area contributed by atoms with E-state index in [1.165, 1.54) is 38.6 Å². The molecule has 2 nitrogen and oxygen atoms in total. The van der Waals surface area contributed by atoms with Gasteiger partial charge in [0.15, 0.2) is 0 Å². The molecule has 3 heteroatoms. The second-order valence-corrected chi connectivity index (χ2v) is 2.70. The first kappa shape index (κ1) is 19.2. The van der Waals surface area contributed by atoms with Gasteiger partial charge in [0.1, 0.15) is 0 Å². The molecule has 0 aromatic carbocycles. The van der Waals surface area contributed by atoms with E-state index in [0.717, 1.165) is 6.42 Å². The van der Waals surface area contributed by atoms with Crippen LogP contribution < -0.4 is 0 Å². The summed E-state index contributed by atoms with van der Waals surface area (Å²) < 4.78 is 4.43. The van der Waals surface area contributed by atoms with Crippen LogP contribution in [0.1, 0.15) is 45.4 Å². The van der Waals surface area contributed by atoms with Crippen molar-refractivity contribution in [2.45, 2.75) is 45.4 Å². The van der Waals surface area contributed by atoms with Crippen LogP contribution in [0.4, 0.5) is 0 Å². The third kappa shape index (κ3) is 19.1. The number of ether oxygens (including phenoxy) is 1. The van der Waals surface area contributed by atoms with Crippen LogP contribution in [0, 0.1) is 7.43 Å². The van der Waals surface area contributed by atoms with Gasteiger partial charge in [-0.25, -0.2) is 0 Å². The van der Waals surface area contributed by atoms with Crippen molar-refractivity contribution in [3.8, 4) is 0 Å². The minimum Gasteiger partial charge on any atom is -0.653 e. The molecule has 0 atom stereocenters. The zero-order valence-corrected chi connectivity index (χ0v) is 11.7. The van der Waals surface area contributed by atoms with Crippen molar-refractivity contribution >= 4 is 6.47 Å². The van der Waals surface area contributed by atoms with Crippen LogP contribution in [-0.2, 0) is 42.2 Å². The van der Waals surface area contributed by atoms with Crippen LogP contribution in [0.3, 0.4) is 0 Å². The molecule has 0 rings (SSSR count). The number of hydrogen-bond donors (Lipinski definition) is 0. The number of hydrogen-bond acceptors (Lipinski definition) is 2. The van der Waals surface area contributed by atoms with Gasteiger partial charge in [-0.2, -0.15) is 0 Å². The quantitative estimate of drug-likeness (QED) is 0.496. The summed E-state index contributed by atoms with van der Waals surface area (Å²) in [4.78, 5) is 9.59. The van der Waals surface area contributed by atoms with E-state index in [9.17, 15) is 4.79 Å². The van der Waals surface area contributed by atoms with E-state index in [1.54, 1.807) is 0 Å². The van der Waals surface area contributed by atoms with Crippen LogP contribution in [0.2, 0.25) is 0 Å². The van der Waals surface area contributed by atoms with E-state index >= 15 is 0 Å². The molecule has 0 aromatic rings. The number of rotatable bonds is 8. The standard InChI is InChI=1S/C9H17O2.CH3.Y/c1-2-3-4-5-6-7-8-11-9-10;;/h2-8H2,1H3;1H3;/q2*-1;. The largest absolute Gasteiger partial charge is 0.653 e. The monoisotopic (exact) mass is 261 g/mol. The van der Waals surface area contributed by atoms with Crippen LogP contribution in [0.5, 0.6) is 0 Å². The van der Waals surface area contributed by atoms with Crippen molar-refractivity contribution < 1.29 is 42.2 Å². The van der Waals surface area contributed by atoms with Crippen LogP contribution in [0.25, 0.3) is 0 Å². The predicted molar refractivity (Wildman–Crippen MR) is 51.4 cm³/mol. The Labute approximate surface area is 108 Å². The maximum Gasteiger partial charge on any atom is 0.0480 e. The molecule has 0 heterocycles. The molecule has 0 N–H and O–H groups in total. The summed E-state index contributed by atoms with van der Waals surface area (Å²) in [6.07, 6.45) is 7.32. The molecule has 0 saturated heterocycles. The van der Waals surface area contributed by atoms with Gasteiger partial charge in [-0.15, -0.1) is 0 Å². The summed E-state index contributed by atoms with van der Waals surface area (Å²) in [6.45, 7) is 4.16. The topological polar surface area (TPSA) is 26.3 Å². The Kier molecular flexibility index (Phi) is 27.1. The second kappa shape index (κ2) is 18.4. The molecule has 0 aliphatic rings. The third-order valence-corrected chi connectivity index (χ3v) is 1.66. The zero-order chi connectivity index (χ0) is 8.36. The molecule has 13 heavy (non-hydrogen) atoms. The van der Waals surface area contributed by atoms with Crippen LogP contribution >= 0.6 is 0 Å². The van der Waals surface area contributed by atoms with E-state index in [4.69, 9.17) is 0 Å². The van der Waals surface area contributed by atoms with Gasteiger partial charge in [-0.1, -0.05) is 45.5 Å². The fourth-order valence-corrected chi connectivity index (χ4v) is 0.996. The average molecular weight is 261 g/mol. The Bertz CT molecular complexity index is 87.0. The molecule has 0 aliphatic carbocycles. The van der Waals surface area contributed by atoms with Crippen molar-refractivity contribution in [1.29, 1.82) is 0 Å². The molecule has 0 amide bonds. The molecule has 0 aromatic heterocycles. The minimum absolute atomic E-state index is 0. The van der Waals surface area contributed by atoms with Crippen LogP contribution in [-0.4, -0.2) is 13.1 Å². The smallest absolute Gasteiger partial charge is 0.0480 e. The Morgan fingerprint density at radius 1 is 1.08 bits per heavy atom. The minimum atomic E-state index is 0. The molecule has 0 spiro atoms.